The molecule has 0 saturated heterocycles. The number of rotatable bonds is 10. The summed E-state index contributed by atoms with van der Waals surface area (Å²) in [6.45, 7) is 4.42. The molecule has 2 unspecified atom stereocenters. The number of hydrogen-bond donors (Lipinski definition) is 0. The molecule has 2 fully saturated rings. The lowest BCUT2D eigenvalue weighted by Gasteiger charge is -2.36. The molecule has 0 aromatic heterocycles. The van der Waals surface area contributed by atoms with Crippen LogP contribution in [0.5, 0.6) is 0 Å². The second-order valence-electron chi connectivity index (χ2n) is 10.3. The van der Waals surface area contributed by atoms with Crippen molar-refractivity contribution in [2.45, 2.75) is 128 Å². The van der Waals surface area contributed by atoms with Gasteiger partial charge in [0.15, 0.2) is 0 Å². The molecular weight excluding hydrogens is 374 g/mol. The molecule has 2 saturated carbocycles. The summed E-state index contributed by atoms with van der Waals surface area (Å²) in [4.78, 5) is 0. The van der Waals surface area contributed by atoms with Gasteiger partial charge >= 0.3 is 0 Å². The molecule has 170 valence electrons. The number of halogens is 2. The van der Waals surface area contributed by atoms with Crippen molar-refractivity contribution in [3.8, 4) is 0 Å². The Labute approximate surface area is 184 Å². The Morgan fingerprint density at radius 2 is 1.23 bits per heavy atom. The maximum absolute atomic E-state index is 14.7. The Hall–Kier alpha value is -0.920. The average molecular weight is 419 g/mol. The van der Waals surface area contributed by atoms with E-state index in [0.29, 0.717) is 18.8 Å². The summed E-state index contributed by atoms with van der Waals surface area (Å²) in [5.41, 5.74) is 2.57. The molecule has 0 aliphatic heterocycles. The maximum Gasteiger partial charge on any atom is 0.251 e. The highest BCUT2D eigenvalue weighted by Gasteiger charge is 2.44. The van der Waals surface area contributed by atoms with Gasteiger partial charge in [-0.2, -0.15) is 0 Å². The molecule has 3 rings (SSSR count). The molecule has 2 heteroatoms. The Kier molecular flexibility index (Phi) is 9.20. The third-order valence-corrected chi connectivity index (χ3v) is 8.08. The van der Waals surface area contributed by atoms with Gasteiger partial charge in [0.2, 0.25) is 0 Å². The van der Waals surface area contributed by atoms with Crippen LogP contribution in [0.25, 0.3) is 0 Å². The van der Waals surface area contributed by atoms with Crippen LogP contribution in [0.3, 0.4) is 0 Å². The fourth-order valence-electron chi connectivity index (χ4n) is 6.00. The van der Waals surface area contributed by atoms with Gasteiger partial charge in [-0.05, 0) is 73.8 Å². The SMILES string of the molecule is CCCCCC1CCC(c2ccc(C3CCC(CCCCC)C(F)(F)C3)cc2)CC1. The van der Waals surface area contributed by atoms with Crippen LogP contribution >= 0.6 is 0 Å². The summed E-state index contributed by atoms with van der Waals surface area (Å²) in [5, 5.41) is 0. The van der Waals surface area contributed by atoms with Crippen LogP contribution < -0.4 is 0 Å². The number of benzene rings is 1. The summed E-state index contributed by atoms with van der Waals surface area (Å²) in [6.07, 6.45) is 16.3. The van der Waals surface area contributed by atoms with Gasteiger partial charge in [-0.1, -0.05) is 83.1 Å². The van der Waals surface area contributed by atoms with Crippen molar-refractivity contribution in [3.63, 3.8) is 0 Å². The third kappa shape index (κ3) is 6.54. The fraction of sp³-hybridized carbons (Fsp3) is 0.786. The van der Waals surface area contributed by atoms with Crippen LogP contribution in [-0.2, 0) is 0 Å². The maximum atomic E-state index is 14.7. The van der Waals surface area contributed by atoms with Crippen molar-refractivity contribution in [2.24, 2.45) is 11.8 Å². The molecule has 0 nitrogen and oxygen atoms in total. The lowest BCUT2D eigenvalue weighted by atomic mass is 9.73. The lowest BCUT2D eigenvalue weighted by molar-refractivity contribution is -0.0949. The summed E-state index contributed by atoms with van der Waals surface area (Å²) in [7, 11) is 0. The summed E-state index contributed by atoms with van der Waals surface area (Å²) >= 11 is 0. The van der Waals surface area contributed by atoms with Gasteiger partial charge in [-0.15, -0.1) is 0 Å². The predicted molar refractivity (Wildman–Crippen MR) is 124 cm³/mol. The molecular formula is C28H44F2. The standard InChI is InChI=1S/C28H44F2/c1-3-5-7-9-22-11-13-23(14-12-22)24-15-17-25(18-16-24)26-19-20-27(10-8-6-4-2)28(29,30)21-26/h15-18,22-23,26-27H,3-14,19-21H2,1-2H3. The topological polar surface area (TPSA) is 0 Å². The summed E-state index contributed by atoms with van der Waals surface area (Å²) < 4.78 is 29.5. The molecule has 0 amide bonds. The first-order valence-corrected chi connectivity index (χ1v) is 13.0. The van der Waals surface area contributed by atoms with Crippen molar-refractivity contribution in [1.82, 2.24) is 0 Å². The largest absolute Gasteiger partial charge is 0.251 e. The smallest absolute Gasteiger partial charge is 0.207 e. The predicted octanol–water partition coefficient (Wildman–Crippen LogP) is 9.64. The van der Waals surface area contributed by atoms with Gasteiger partial charge in [0, 0.05) is 12.3 Å². The zero-order chi connectivity index (χ0) is 21.4. The minimum Gasteiger partial charge on any atom is -0.207 e. The first-order chi connectivity index (χ1) is 14.5. The quantitative estimate of drug-likeness (QED) is 0.332. The second kappa shape index (κ2) is 11.6. The minimum atomic E-state index is -2.49. The number of hydrogen-bond acceptors (Lipinski definition) is 0. The van der Waals surface area contributed by atoms with Gasteiger partial charge in [-0.25, -0.2) is 8.78 Å². The van der Waals surface area contributed by atoms with Gasteiger partial charge in [0.25, 0.3) is 5.92 Å². The fourth-order valence-corrected chi connectivity index (χ4v) is 6.00. The van der Waals surface area contributed by atoms with Crippen LogP contribution in [-0.4, -0.2) is 5.92 Å². The molecule has 1 aromatic carbocycles. The van der Waals surface area contributed by atoms with E-state index in [-0.39, 0.29) is 12.3 Å². The highest BCUT2D eigenvalue weighted by atomic mass is 19.3. The number of unbranched alkanes of at least 4 members (excludes halogenated alkanes) is 4. The zero-order valence-electron chi connectivity index (χ0n) is 19.5. The molecule has 0 radical (unpaired) electrons. The van der Waals surface area contributed by atoms with E-state index in [9.17, 15) is 8.78 Å². The van der Waals surface area contributed by atoms with Crippen LogP contribution in [0.4, 0.5) is 8.78 Å². The van der Waals surface area contributed by atoms with Crippen LogP contribution in [0, 0.1) is 11.8 Å². The van der Waals surface area contributed by atoms with E-state index in [2.05, 4.69) is 38.1 Å². The molecule has 30 heavy (non-hydrogen) atoms. The van der Waals surface area contributed by atoms with Gasteiger partial charge < -0.3 is 0 Å². The van der Waals surface area contributed by atoms with E-state index in [1.165, 1.54) is 56.9 Å². The minimum absolute atomic E-state index is 0.0331. The highest BCUT2D eigenvalue weighted by molar-refractivity contribution is 5.28. The molecule has 0 heterocycles. The zero-order valence-corrected chi connectivity index (χ0v) is 19.5. The number of alkyl halides is 2. The lowest BCUT2D eigenvalue weighted by Crippen LogP contribution is -2.35. The van der Waals surface area contributed by atoms with E-state index in [1.54, 1.807) is 0 Å². The van der Waals surface area contributed by atoms with E-state index in [4.69, 9.17) is 0 Å². The van der Waals surface area contributed by atoms with Gasteiger partial charge in [0.05, 0.1) is 0 Å². The van der Waals surface area contributed by atoms with Crippen molar-refractivity contribution in [2.75, 3.05) is 0 Å². The van der Waals surface area contributed by atoms with Gasteiger partial charge in [-0.3, -0.25) is 0 Å². The molecule has 0 spiro atoms. The van der Waals surface area contributed by atoms with Gasteiger partial charge in [0.1, 0.15) is 0 Å². The first kappa shape index (κ1) is 23.7. The monoisotopic (exact) mass is 418 g/mol. The van der Waals surface area contributed by atoms with E-state index in [1.807, 2.05) is 0 Å². The normalized spacial score (nSPS) is 29.1. The molecule has 0 bridgehead atoms. The Morgan fingerprint density at radius 3 is 1.80 bits per heavy atom. The summed E-state index contributed by atoms with van der Waals surface area (Å²) in [5.74, 6) is -1.25. The highest BCUT2D eigenvalue weighted by Crippen LogP contribution is 2.47. The van der Waals surface area contributed by atoms with Crippen molar-refractivity contribution < 1.29 is 8.78 Å². The van der Waals surface area contributed by atoms with Crippen LogP contribution in [0.15, 0.2) is 24.3 Å². The Bertz CT molecular complexity index is 598. The molecule has 2 atom stereocenters. The third-order valence-electron chi connectivity index (χ3n) is 8.08. The first-order valence-electron chi connectivity index (χ1n) is 13.0. The Balaban J connectivity index is 1.49. The van der Waals surface area contributed by atoms with E-state index in [0.717, 1.165) is 37.2 Å². The average Bonchev–Trinajstić information content (AvgIpc) is 2.75. The van der Waals surface area contributed by atoms with Crippen molar-refractivity contribution >= 4 is 0 Å². The molecule has 2 aliphatic rings. The van der Waals surface area contributed by atoms with Crippen LogP contribution in [0.2, 0.25) is 0 Å². The summed E-state index contributed by atoms with van der Waals surface area (Å²) in [6, 6.07) is 8.84. The molecule has 0 N–H and O–H groups in total. The van der Waals surface area contributed by atoms with Crippen molar-refractivity contribution in [3.05, 3.63) is 35.4 Å². The molecule has 2 aliphatic carbocycles. The van der Waals surface area contributed by atoms with E-state index >= 15 is 0 Å². The van der Waals surface area contributed by atoms with Crippen molar-refractivity contribution in [1.29, 1.82) is 0 Å². The van der Waals surface area contributed by atoms with E-state index < -0.39 is 11.8 Å². The Morgan fingerprint density at radius 1 is 0.700 bits per heavy atom. The second-order valence-corrected chi connectivity index (χ2v) is 10.3. The molecule has 1 aromatic rings. The van der Waals surface area contributed by atoms with Crippen LogP contribution in [0.1, 0.15) is 133 Å².